The van der Waals surface area contributed by atoms with Crippen molar-refractivity contribution < 1.29 is 19.1 Å². The topological polar surface area (TPSA) is 55.8 Å². The fraction of sp³-hybridized carbons (Fsp3) is 0.400. The van der Waals surface area contributed by atoms with Crippen LogP contribution in [-0.2, 0) is 22.7 Å². The second kappa shape index (κ2) is 12.3. The van der Waals surface area contributed by atoms with E-state index in [1.807, 2.05) is 12.1 Å². The van der Waals surface area contributed by atoms with Gasteiger partial charge in [0, 0.05) is 47.8 Å². The summed E-state index contributed by atoms with van der Waals surface area (Å²) in [5.41, 5.74) is 8.85. The van der Waals surface area contributed by atoms with Crippen molar-refractivity contribution >= 4 is 34.2 Å². The Morgan fingerprint density at radius 3 is 1.89 bits per heavy atom. The largest absolute Gasteiger partial charge is 0.493 e. The van der Waals surface area contributed by atoms with Gasteiger partial charge in [-0.1, -0.05) is 87.4 Å². The van der Waals surface area contributed by atoms with Gasteiger partial charge in [0.1, 0.15) is 6.61 Å². The minimum Gasteiger partial charge on any atom is -0.493 e. The van der Waals surface area contributed by atoms with Crippen molar-refractivity contribution in [2.45, 2.75) is 86.3 Å². The Bertz CT molecular complexity index is 1710. The fourth-order valence-electron chi connectivity index (χ4n) is 7.69. The molecule has 3 aromatic rings. The molecule has 240 valence electrons. The van der Waals surface area contributed by atoms with E-state index in [0.29, 0.717) is 37.5 Å². The van der Waals surface area contributed by atoms with Gasteiger partial charge < -0.3 is 14.4 Å². The van der Waals surface area contributed by atoms with Gasteiger partial charge >= 0.3 is 0 Å². The minimum atomic E-state index is -0.444. The zero-order chi connectivity index (χ0) is 33.0. The van der Waals surface area contributed by atoms with Crippen molar-refractivity contribution in [3.63, 3.8) is 0 Å². The smallest absolute Gasteiger partial charge is 0.174 e. The monoisotopic (exact) mass is 729 g/mol. The number of hydrogen-bond acceptors (Lipinski definition) is 5. The Hall–Kier alpha value is -3.39. The van der Waals surface area contributed by atoms with Crippen LogP contribution in [0.5, 0.6) is 11.5 Å². The molecule has 0 radical (unpaired) electrons. The normalized spacial score (nSPS) is 19.3. The highest BCUT2D eigenvalue weighted by molar-refractivity contribution is 14.1. The standard InChI is InChI=1S/C40H44INO4/c1-24-13-25(2)15-27(14-24)23-46-38-29(41)16-28(17-34(38)45-7)35-36-30(18-39(3,4)20-32(36)43)42(22-26-11-9-8-10-12-26)31-19-40(5,6)21-33(44)37(31)35/h8-17,35H,18-23H2,1-7H3. The number of nitrogens with zero attached hydrogens (tertiary/aromatic N) is 1. The summed E-state index contributed by atoms with van der Waals surface area (Å²) in [4.78, 5) is 30.9. The number of aryl methyl sites for hydroxylation is 2. The third-order valence-electron chi connectivity index (χ3n) is 9.46. The molecule has 0 bridgehead atoms. The minimum absolute atomic E-state index is 0.127. The van der Waals surface area contributed by atoms with E-state index >= 15 is 0 Å². The van der Waals surface area contributed by atoms with E-state index in [9.17, 15) is 9.59 Å². The van der Waals surface area contributed by atoms with Gasteiger partial charge in [-0.15, -0.1) is 0 Å². The molecule has 0 fully saturated rings. The number of carbonyl (C=O) groups excluding carboxylic acids is 2. The van der Waals surface area contributed by atoms with Crippen LogP contribution in [0.1, 0.15) is 87.1 Å². The molecule has 0 N–H and O–H groups in total. The molecule has 2 aliphatic carbocycles. The fourth-order valence-corrected chi connectivity index (χ4v) is 8.47. The molecule has 46 heavy (non-hydrogen) atoms. The van der Waals surface area contributed by atoms with Gasteiger partial charge in [0.15, 0.2) is 23.1 Å². The number of methoxy groups -OCH3 is 1. The highest BCUT2D eigenvalue weighted by Crippen LogP contribution is 2.55. The number of Topliss-reactive ketones (excluding diaryl/α,β-unsaturated/α-hetero) is 2. The molecule has 0 saturated heterocycles. The molecule has 0 aromatic heterocycles. The SMILES string of the molecule is COc1cc(C2C3=C(CC(C)(C)CC3=O)N(Cc3ccccc3)C3=C2C(=O)CC(C)(C)C3)cc(I)c1OCc1cc(C)cc(C)c1. The van der Waals surface area contributed by atoms with Crippen molar-refractivity contribution in [2.24, 2.45) is 10.8 Å². The number of carbonyl (C=O) groups is 2. The molecule has 0 unspecified atom stereocenters. The second-order valence-electron chi connectivity index (χ2n) is 14.9. The molecule has 3 aromatic carbocycles. The van der Waals surface area contributed by atoms with Crippen LogP contribution in [0.4, 0.5) is 0 Å². The molecule has 0 atom stereocenters. The Labute approximate surface area is 287 Å². The van der Waals surface area contributed by atoms with E-state index in [1.165, 1.54) is 11.1 Å². The third kappa shape index (κ3) is 6.42. The molecular weight excluding hydrogens is 685 g/mol. The Balaban J connectivity index is 1.50. The van der Waals surface area contributed by atoms with E-state index in [2.05, 4.69) is 118 Å². The van der Waals surface area contributed by atoms with Crippen molar-refractivity contribution in [1.29, 1.82) is 0 Å². The van der Waals surface area contributed by atoms with Gasteiger partial charge in [0.25, 0.3) is 0 Å². The summed E-state index contributed by atoms with van der Waals surface area (Å²) in [6.07, 6.45) is 2.45. The first-order chi connectivity index (χ1) is 21.7. The highest BCUT2D eigenvalue weighted by atomic mass is 127. The zero-order valence-electron chi connectivity index (χ0n) is 28.1. The number of ether oxygens (including phenoxy) is 2. The maximum absolute atomic E-state index is 14.3. The van der Waals surface area contributed by atoms with Crippen LogP contribution in [0.15, 0.2) is 83.2 Å². The molecule has 0 spiro atoms. The van der Waals surface area contributed by atoms with Gasteiger partial charge in [0.2, 0.25) is 0 Å². The predicted octanol–water partition coefficient (Wildman–Crippen LogP) is 9.38. The van der Waals surface area contributed by atoms with Crippen LogP contribution >= 0.6 is 22.6 Å². The number of rotatable bonds is 7. The quantitative estimate of drug-likeness (QED) is 0.227. The zero-order valence-corrected chi connectivity index (χ0v) is 30.2. The van der Waals surface area contributed by atoms with Crippen LogP contribution in [0.2, 0.25) is 0 Å². The van der Waals surface area contributed by atoms with Gasteiger partial charge in [0.05, 0.1) is 10.7 Å². The molecule has 0 saturated carbocycles. The Kier molecular flexibility index (Phi) is 8.72. The highest BCUT2D eigenvalue weighted by Gasteiger charge is 2.49. The molecule has 3 aliphatic rings. The molecular formula is C40H44INO4. The summed E-state index contributed by atoms with van der Waals surface area (Å²) < 4.78 is 13.2. The Morgan fingerprint density at radius 1 is 0.783 bits per heavy atom. The lowest BCUT2D eigenvalue weighted by Gasteiger charge is -2.49. The van der Waals surface area contributed by atoms with Crippen LogP contribution in [-0.4, -0.2) is 23.6 Å². The lowest BCUT2D eigenvalue weighted by molar-refractivity contribution is -0.119. The summed E-state index contributed by atoms with van der Waals surface area (Å²) in [6.45, 7) is 13.9. The number of benzene rings is 3. The van der Waals surface area contributed by atoms with Gasteiger partial charge in [-0.25, -0.2) is 0 Å². The van der Waals surface area contributed by atoms with Crippen LogP contribution < -0.4 is 9.47 Å². The van der Waals surface area contributed by atoms with E-state index < -0.39 is 5.92 Å². The third-order valence-corrected chi connectivity index (χ3v) is 10.3. The maximum atomic E-state index is 14.3. The van der Waals surface area contributed by atoms with Crippen molar-refractivity contribution in [3.8, 4) is 11.5 Å². The summed E-state index contributed by atoms with van der Waals surface area (Å²) in [5, 5.41) is 0. The summed E-state index contributed by atoms with van der Waals surface area (Å²) in [6, 6.07) is 20.9. The van der Waals surface area contributed by atoms with Gasteiger partial charge in [-0.2, -0.15) is 0 Å². The molecule has 0 amide bonds. The van der Waals surface area contributed by atoms with Gasteiger partial charge in [-0.05, 0) is 88.9 Å². The Morgan fingerprint density at radius 2 is 1.35 bits per heavy atom. The van der Waals surface area contributed by atoms with Crippen molar-refractivity contribution in [2.75, 3.05) is 7.11 Å². The molecule has 5 nitrogen and oxygen atoms in total. The summed E-state index contributed by atoms with van der Waals surface area (Å²) in [5.74, 6) is 1.09. The van der Waals surface area contributed by atoms with Crippen LogP contribution in [0, 0.1) is 28.2 Å². The second-order valence-corrected chi connectivity index (χ2v) is 16.1. The first-order valence-electron chi connectivity index (χ1n) is 16.2. The van der Waals surface area contributed by atoms with Crippen LogP contribution in [0.25, 0.3) is 0 Å². The first kappa shape index (κ1) is 32.5. The summed E-state index contributed by atoms with van der Waals surface area (Å²) in [7, 11) is 1.65. The maximum Gasteiger partial charge on any atom is 0.174 e. The number of allylic oxidation sites excluding steroid dienone is 4. The lowest BCUT2D eigenvalue weighted by atomic mass is 9.63. The van der Waals surface area contributed by atoms with E-state index in [0.717, 1.165) is 55.6 Å². The number of ketones is 2. The van der Waals surface area contributed by atoms with E-state index in [-0.39, 0.29) is 22.4 Å². The summed E-state index contributed by atoms with van der Waals surface area (Å²) >= 11 is 2.31. The molecule has 1 aliphatic heterocycles. The van der Waals surface area contributed by atoms with E-state index in [4.69, 9.17) is 9.47 Å². The van der Waals surface area contributed by atoms with Crippen molar-refractivity contribution in [3.05, 3.63) is 115 Å². The van der Waals surface area contributed by atoms with Gasteiger partial charge in [-0.3, -0.25) is 9.59 Å². The average molecular weight is 730 g/mol. The van der Waals surface area contributed by atoms with Crippen LogP contribution in [0.3, 0.4) is 0 Å². The van der Waals surface area contributed by atoms with Crippen molar-refractivity contribution in [1.82, 2.24) is 4.90 Å². The predicted molar refractivity (Wildman–Crippen MR) is 191 cm³/mol. The average Bonchev–Trinajstić information content (AvgIpc) is 2.95. The number of hydrogen-bond donors (Lipinski definition) is 0. The first-order valence-corrected chi connectivity index (χ1v) is 17.2. The number of halogens is 1. The molecule has 6 heteroatoms. The lowest BCUT2D eigenvalue weighted by Crippen LogP contribution is -2.44. The molecule has 6 rings (SSSR count). The van der Waals surface area contributed by atoms with E-state index in [1.54, 1.807) is 7.11 Å². The molecule has 1 heterocycles.